The third-order valence-corrected chi connectivity index (χ3v) is 6.92. The van der Waals surface area contributed by atoms with Crippen LogP contribution in [-0.2, 0) is 26.5 Å². The molecule has 0 aromatic carbocycles. The standard InChI is InChI=1S/C11H16N2O5S2/c1-13(10-4-5-19(15,16)8-10)20(17,18)11-3-2-9(7-14)6-12-11/h2-3,6,10,14H,4-5,7-8H2,1H3. The number of aliphatic hydroxyl groups excluding tert-OH is 1. The maximum absolute atomic E-state index is 12.3. The quantitative estimate of drug-likeness (QED) is 0.793. The molecule has 0 saturated carbocycles. The number of rotatable bonds is 4. The van der Waals surface area contributed by atoms with E-state index in [1.54, 1.807) is 0 Å². The van der Waals surface area contributed by atoms with Gasteiger partial charge in [-0.1, -0.05) is 6.07 Å². The average molecular weight is 320 g/mol. The van der Waals surface area contributed by atoms with Crippen LogP contribution in [-0.4, -0.2) is 55.8 Å². The summed E-state index contributed by atoms with van der Waals surface area (Å²) in [6, 6.07) is 2.23. The van der Waals surface area contributed by atoms with Crippen LogP contribution in [0.4, 0.5) is 0 Å². The highest BCUT2D eigenvalue weighted by Crippen LogP contribution is 2.22. The predicted octanol–water partition coefficient (Wildman–Crippen LogP) is -0.619. The van der Waals surface area contributed by atoms with Crippen LogP contribution in [0.15, 0.2) is 23.4 Å². The molecule has 0 bridgehead atoms. The Bertz CT molecular complexity index is 682. The topological polar surface area (TPSA) is 105 Å². The van der Waals surface area contributed by atoms with Gasteiger partial charge in [0.05, 0.1) is 18.1 Å². The van der Waals surface area contributed by atoms with Crippen LogP contribution in [0, 0.1) is 0 Å². The van der Waals surface area contributed by atoms with Crippen molar-refractivity contribution < 1.29 is 21.9 Å². The van der Waals surface area contributed by atoms with E-state index >= 15 is 0 Å². The SMILES string of the molecule is CN(C1CCS(=O)(=O)C1)S(=O)(=O)c1ccc(CO)cn1. The molecule has 1 atom stereocenters. The lowest BCUT2D eigenvalue weighted by atomic mass is 10.3. The maximum atomic E-state index is 12.3. The van der Waals surface area contributed by atoms with E-state index in [9.17, 15) is 16.8 Å². The molecule has 0 aliphatic carbocycles. The first kappa shape index (κ1) is 15.4. The van der Waals surface area contributed by atoms with E-state index in [4.69, 9.17) is 5.11 Å². The van der Waals surface area contributed by atoms with E-state index in [0.717, 1.165) is 4.31 Å². The van der Waals surface area contributed by atoms with Gasteiger partial charge in [0.2, 0.25) is 0 Å². The average Bonchev–Trinajstić information content (AvgIpc) is 2.78. The molecule has 1 aromatic heterocycles. The molecule has 20 heavy (non-hydrogen) atoms. The highest BCUT2D eigenvalue weighted by molar-refractivity contribution is 7.92. The van der Waals surface area contributed by atoms with Gasteiger partial charge in [-0.2, -0.15) is 4.31 Å². The molecule has 7 nitrogen and oxygen atoms in total. The molecule has 0 amide bonds. The zero-order valence-electron chi connectivity index (χ0n) is 10.9. The normalized spacial score (nSPS) is 22.2. The summed E-state index contributed by atoms with van der Waals surface area (Å²) < 4.78 is 48.6. The maximum Gasteiger partial charge on any atom is 0.260 e. The number of hydrogen-bond donors (Lipinski definition) is 1. The molecule has 1 unspecified atom stereocenters. The molecule has 1 fully saturated rings. The van der Waals surface area contributed by atoms with Crippen molar-refractivity contribution in [2.45, 2.75) is 24.1 Å². The van der Waals surface area contributed by atoms with Gasteiger partial charge in [-0.05, 0) is 18.1 Å². The number of aliphatic hydroxyl groups is 1. The van der Waals surface area contributed by atoms with Crippen molar-refractivity contribution in [2.75, 3.05) is 18.6 Å². The van der Waals surface area contributed by atoms with E-state index in [1.807, 2.05) is 0 Å². The Kier molecular flexibility index (Phi) is 4.14. The predicted molar refractivity (Wildman–Crippen MR) is 72.2 cm³/mol. The Morgan fingerprint density at radius 1 is 1.45 bits per heavy atom. The third-order valence-electron chi connectivity index (χ3n) is 3.35. The molecular formula is C11H16N2O5S2. The van der Waals surface area contributed by atoms with Crippen LogP contribution >= 0.6 is 0 Å². The lowest BCUT2D eigenvalue weighted by Gasteiger charge is -2.22. The molecule has 9 heteroatoms. The molecule has 0 spiro atoms. The first-order valence-electron chi connectivity index (χ1n) is 6.00. The van der Waals surface area contributed by atoms with Crippen LogP contribution in [0.2, 0.25) is 0 Å². The van der Waals surface area contributed by atoms with E-state index in [2.05, 4.69) is 4.98 Å². The Morgan fingerprint density at radius 2 is 2.15 bits per heavy atom. The fraction of sp³-hybridized carbons (Fsp3) is 0.545. The molecule has 1 aromatic rings. The van der Waals surface area contributed by atoms with Crippen LogP contribution in [0.25, 0.3) is 0 Å². The lowest BCUT2D eigenvalue weighted by molar-refractivity contribution is 0.281. The fourth-order valence-electron chi connectivity index (χ4n) is 2.06. The van der Waals surface area contributed by atoms with Crippen molar-refractivity contribution in [2.24, 2.45) is 0 Å². The van der Waals surface area contributed by atoms with Crippen LogP contribution < -0.4 is 0 Å². The number of sulfonamides is 1. The Hall–Kier alpha value is -1.03. The van der Waals surface area contributed by atoms with Crippen molar-refractivity contribution in [1.29, 1.82) is 0 Å². The fourth-order valence-corrected chi connectivity index (χ4v) is 5.23. The van der Waals surface area contributed by atoms with Crippen molar-refractivity contribution in [3.05, 3.63) is 23.9 Å². The molecule has 1 aliphatic heterocycles. The van der Waals surface area contributed by atoms with Crippen molar-refractivity contribution >= 4 is 19.9 Å². The monoisotopic (exact) mass is 320 g/mol. The lowest BCUT2D eigenvalue weighted by Crippen LogP contribution is -2.38. The zero-order valence-corrected chi connectivity index (χ0v) is 12.6. The van der Waals surface area contributed by atoms with E-state index in [1.165, 1.54) is 25.4 Å². The van der Waals surface area contributed by atoms with Crippen LogP contribution in [0.1, 0.15) is 12.0 Å². The third kappa shape index (κ3) is 3.00. The summed E-state index contributed by atoms with van der Waals surface area (Å²) in [7, 11) is -5.61. The summed E-state index contributed by atoms with van der Waals surface area (Å²) in [5.74, 6) is -0.147. The number of hydrogen-bond acceptors (Lipinski definition) is 6. The van der Waals surface area contributed by atoms with Gasteiger partial charge in [0.1, 0.15) is 0 Å². The molecule has 1 N–H and O–H groups in total. The molecule has 1 saturated heterocycles. The zero-order chi connectivity index (χ0) is 15.0. The molecular weight excluding hydrogens is 304 g/mol. The second-order valence-electron chi connectivity index (χ2n) is 4.74. The number of aromatic nitrogens is 1. The number of pyridine rings is 1. The molecule has 112 valence electrons. The Labute approximate surface area is 118 Å². The summed E-state index contributed by atoms with van der Waals surface area (Å²) in [5.41, 5.74) is 0.509. The van der Waals surface area contributed by atoms with Crippen LogP contribution in [0.3, 0.4) is 0 Å². The second kappa shape index (κ2) is 5.40. The van der Waals surface area contributed by atoms with Crippen molar-refractivity contribution in [3.8, 4) is 0 Å². The Morgan fingerprint density at radius 3 is 2.60 bits per heavy atom. The van der Waals surface area contributed by atoms with E-state index in [-0.39, 0.29) is 23.1 Å². The minimum absolute atomic E-state index is 0.00834. The smallest absolute Gasteiger partial charge is 0.260 e. The van der Waals surface area contributed by atoms with Gasteiger partial charge in [-0.15, -0.1) is 0 Å². The highest BCUT2D eigenvalue weighted by Gasteiger charge is 2.36. The van der Waals surface area contributed by atoms with Gasteiger partial charge in [0.15, 0.2) is 14.9 Å². The highest BCUT2D eigenvalue weighted by atomic mass is 32.2. The van der Waals surface area contributed by atoms with Gasteiger partial charge in [0, 0.05) is 19.3 Å². The molecule has 0 radical (unpaired) electrons. The van der Waals surface area contributed by atoms with Gasteiger partial charge < -0.3 is 5.11 Å². The molecule has 2 heterocycles. The first-order chi connectivity index (χ1) is 9.26. The largest absolute Gasteiger partial charge is 0.392 e. The van der Waals surface area contributed by atoms with E-state index in [0.29, 0.717) is 12.0 Å². The summed E-state index contributed by atoms with van der Waals surface area (Å²) in [4.78, 5) is 3.81. The van der Waals surface area contributed by atoms with Crippen molar-refractivity contribution in [1.82, 2.24) is 9.29 Å². The van der Waals surface area contributed by atoms with Crippen LogP contribution in [0.5, 0.6) is 0 Å². The Balaban J connectivity index is 2.25. The minimum atomic E-state index is -3.82. The first-order valence-corrected chi connectivity index (χ1v) is 9.27. The number of sulfone groups is 1. The summed E-state index contributed by atoms with van der Waals surface area (Å²) in [6.07, 6.45) is 1.58. The summed E-state index contributed by atoms with van der Waals surface area (Å²) >= 11 is 0. The molecule has 1 aliphatic rings. The van der Waals surface area contributed by atoms with Gasteiger partial charge in [-0.3, -0.25) is 0 Å². The number of nitrogens with zero attached hydrogens (tertiary/aromatic N) is 2. The summed E-state index contributed by atoms with van der Waals surface area (Å²) in [5, 5.41) is 8.75. The van der Waals surface area contributed by atoms with Gasteiger partial charge in [-0.25, -0.2) is 21.8 Å². The second-order valence-corrected chi connectivity index (χ2v) is 8.91. The van der Waals surface area contributed by atoms with Gasteiger partial charge >= 0.3 is 0 Å². The van der Waals surface area contributed by atoms with Crippen molar-refractivity contribution in [3.63, 3.8) is 0 Å². The van der Waals surface area contributed by atoms with Gasteiger partial charge in [0.25, 0.3) is 10.0 Å². The summed E-state index contributed by atoms with van der Waals surface area (Å²) in [6.45, 7) is -0.218. The minimum Gasteiger partial charge on any atom is -0.392 e. The van der Waals surface area contributed by atoms with E-state index < -0.39 is 25.9 Å². The molecule has 2 rings (SSSR count).